The van der Waals surface area contributed by atoms with Crippen molar-refractivity contribution < 1.29 is 17.7 Å². The molecule has 0 aliphatic carbocycles. The van der Waals surface area contributed by atoms with Gasteiger partial charge in [0.1, 0.15) is 10.6 Å². The first kappa shape index (κ1) is 22.9. The lowest BCUT2D eigenvalue weighted by molar-refractivity contribution is -0.134. The summed E-state index contributed by atoms with van der Waals surface area (Å²) in [5.41, 5.74) is 0.287. The molecule has 1 aliphatic rings. The van der Waals surface area contributed by atoms with Gasteiger partial charge >= 0.3 is 0 Å². The Morgan fingerprint density at radius 2 is 1.96 bits per heavy atom. The number of rotatable bonds is 7. The summed E-state index contributed by atoms with van der Waals surface area (Å²) in [5.74, 6) is 0.642. The van der Waals surface area contributed by atoms with Gasteiger partial charge in [0.05, 0.1) is 6.04 Å². The Morgan fingerprint density at radius 1 is 1.35 bits per heavy atom. The minimum atomic E-state index is -3.85. The summed E-state index contributed by atoms with van der Waals surface area (Å²) in [6.07, 6.45) is 3.01. The minimum absolute atomic E-state index is 0. The maximum absolute atomic E-state index is 12.6. The fraction of sp³-hybridized carbons (Fsp3) is 0.750. The van der Waals surface area contributed by atoms with E-state index < -0.39 is 16.1 Å². The van der Waals surface area contributed by atoms with Crippen LogP contribution in [0, 0.1) is 19.8 Å². The van der Waals surface area contributed by atoms with E-state index in [1.807, 2.05) is 7.05 Å². The Balaban J connectivity index is 0.00000338. The molecule has 1 aromatic rings. The van der Waals surface area contributed by atoms with Crippen LogP contribution in [0.2, 0.25) is 0 Å². The smallest absolute Gasteiger partial charge is 0.246 e. The molecule has 2 rings (SSSR count). The van der Waals surface area contributed by atoms with Gasteiger partial charge in [0, 0.05) is 13.1 Å². The first-order chi connectivity index (χ1) is 11.8. The fourth-order valence-electron chi connectivity index (χ4n) is 3.26. The van der Waals surface area contributed by atoms with Crippen molar-refractivity contribution in [3.63, 3.8) is 0 Å². The molecule has 26 heavy (non-hydrogen) atoms. The van der Waals surface area contributed by atoms with Gasteiger partial charge in [0.25, 0.3) is 0 Å². The number of sulfonamides is 1. The monoisotopic (exact) mass is 408 g/mol. The van der Waals surface area contributed by atoms with E-state index in [4.69, 9.17) is 4.52 Å². The zero-order valence-corrected chi connectivity index (χ0v) is 17.4. The number of hydrogen-bond donors (Lipinski definition) is 2. The molecule has 2 heterocycles. The number of amides is 1. The van der Waals surface area contributed by atoms with Crippen molar-refractivity contribution in [1.82, 2.24) is 20.1 Å². The van der Waals surface area contributed by atoms with Crippen molar-refractivity contribution >= 4 is 28.3 Å². The van der Waals surface area contributed by atoms with Crippen molar-refractivity contribution in [1.29, 1.82) is 0 Å². The molecular weight excluding hydrogens is 380 g/mol. The van der Waals surface area contributed by atoms with Gasteiger partial charge < -0.3 is 14.7 Å². The van der Waals surface area contributed by atoms with Crippen LogP contribution in [0.3, 0.4) is 0 Å². The van der Waals surface area contributed by atoms with Gasteiger partial charge in [-0.05, 0) is 59.5 Å². The van der Waals surface area contributed by atoms with Crippen LogP contribution in [0.15, 0.2) is 9.42 Å². The van der Waals surface area contributed by atoms with Crippen LogP contribution in [-0.4, -0.2) is 57.1 Å². The highest BCUT2D eigenvalue weighted by molar-refractivity contribution is 7.89. The maximum Gasteiger partial charge on any atom is 0.246 e. The first-order valence-electron chi connectivity index (χ1n) is 8.65. The summed E-state index contributed by atoms with van der Waals surface area (Å²) in [6.45, 7) is 7.00. The summed E-state index contributed by atoms with van der Waals surface area (Å²) in [7, 11) is -1.91. The van der Waals surface area contributed by atoms with Crippen LogP contribution in [-0.2, 0) is 14.8 Å². The summed E-state index contributed by atoms with van der Waals surface area (Å²) >= 11 is 0. The van der Waals surface area contributed by atoms with Crippen molar-refractivity contribution in [2.45, 2.75) is 51.0 Å². The van der Waals surface area contributed by atoms with Crippen LogP contribution < -0.4 is 10.0 Å². The van der Waals surface area contributed by atoms with E-state index in [0.29, 0.717) is 19.0 Å². The van der Waals surface area contributed by atoms with Crippen LogP contribution in [0.1, 0.15) is 37.6 Å². The molecule has 1 saturated heterocycles. The molecule has 1 aromatic heterocycles. The number of piperidine rings is 1. The SMILES string of the molecule is CNCCC1CCN(C(=O)C(C)NS(=O)(=O)c2c(C)noc2C)CC1.Cl. The van der Waals surface area contributed by atoms with E-state index in [2.05, 4.69) is 15.2 Å². The molecule has 0 radical (unpaired) electrons. The summed E-state index contributed by atoms with van der Waals surface area (Å²) in [5, 5.41) is 6.81. The topological polar surface area (TPSA) is 105 Å². The largest absolute Gasteiger partial charge is 0.360 e. The molecule has 1 unspecified atom stereocenters. The fourth-order valence-corrected chi connectivity index (χ4v) is 4.79. The van der Waals surface area contributed by atoms with Crippen molar-refractivity contribution in [2.75, 3.05) is 26.7 Å². The number of likely N-dealkylation sites (tertiary alicyclic amines) is 1. The second-order valence-electron chi connectivity index (χ2n) is 6.66. The molecular formula is C16H29ClN4O4S. The molecule has 8 nitrogen and oxygen atoms in total. The third-order valence-electron chi connectivity index (χ3n) is 4.67. The van der Waals surface area contributed by atoms with E-state index in [1.54, 1.807) is 18.7 Å². The van der Waals surface area contributed by atoms with Crippen LogP contribution in [0.25, 0.3) is 0 Å². The second-order valence-corrected chi connectivity index (χ2v) is 8.31. The number of halogens is 1. The highest BCUT2D eigenvalue weighted by atomic mass is 35.5. The van der Waals surface area contributed by atoms with E-state index in [-0.39, 0.29) is 34.7 Å². The predicted molar refractivity (Wildman–Crippen MR) is 101 cm³/mol. The van der Waals surface area contributed by atoms with Gasteiger partial charge in [0.2, 0.25) is 15.9 Å². The Labute approximate surface area is 161 Å². The number of aromatic nitrogens is 1. The van der Waals surface area contributed by atoms with E-state index >= 15 is 0 Å². The van der Waals surface area contributed by atoms with Crippen molar-refractivity contribution in [2.24, 2.45) is 5.92 Å². The molecule has 1 atom stereocenters. The Hall–Kier alpha value is -1.16. The Kier molecular flexibility index (Phi) is 8.52. The minimum Gasteiger partial charge on any atom is -0.360 e. The molecule has 1 fully saturated rings. The lowest BCUT2D eigenvalue weighted by Crippen LogP contribution is -2.49. The van der Waals surface area contributed by atoms with Crippen LogP contribution in [0.5, 0.6) is 0 Å². The molecule has 0 aromatic carbocycles. The number of aryl methyl sites for hydroxylation is 2. The van der Waals surface area contributed by atoms with E-state index in [9.17, 15) is 13.2 Å². The highest BCUT2D eigenvalue weighted by Gasteiger charge is 2.31. The standard InChI is InChI=1S/C16H28N4O4S.ClH/c1-11-15(13(3)24-18-11)25(22,23)19-12(2)16(21)20-9-6-14(7-10-20)5-8-17-4;/h12,14,17,19H,5-10H2,1-4H3;1H. The zero-order valence-electron chi connectivity index (χ0n) is 15.7. The van der Waals surface area contributed by atoms with Crippen molar-refractivity contribution in [3.05, 3.63) is 11.5 Å². The zero-order chi connectivity index (χ0) is 18.6. The number of carbonyl (C=O) groups excluding carboxylic acids is 1. The van der Waals surface area contributed by atoms with Gasteiger partial charge in [0.15, 0.2) is 5.76 Å². The van der Waals surface area contributed by atoms with Gasteiger partial charge in [-0.2, -0.15) is 4.72 Å². The molecule has 0 saturated carbocycles. The van der Waals surface area contributed by atoms with Gasteiger partial charge in [-0.15, -0.1) is 12.4 Å². The molecule has 150 valence electrons. The van der Waals surface area contributed by atoms with Gasteiger partial charge in [-0.1, -0.05) is 5.16 Å². The number of nitrogens with one attached hydrogen (secondary N) is 2. The Bertz CT molecular complexity index is 680. The molecule has 0 spiro atoms. The lowest BCUT2D eigenvalue weighted by Gasteiger charge is -2.33. The molecule has 10 heteroatoms. The Morgan fingerprint density at radius 3 is 2.46 bits per heavy atom. The average Bonchev–Trinajstić information content (AvgIpc) is 2.91. The average molecular weight is 409 g/mol. The number of nitrogens with zero attached hydrogens (tertiary/aromatic N) is 2. The third-order valence-corrected chi connectivity index (χ3v) is 6.45. The number of carbonyl (C=O) groups is 1. The summed E-state index contributed by atoms with van der Waals surface area (Å²) in [6, 6.07) is -0.826. The predicted octanol–water partition coefficient (Wildman–Crippen LogP) is 1.23. The highest BCUT2D eigenvalue weighted by Crippen LogP contribution is 2.22. The summed E-state index contributed by atoms with van der Waals surface area (Å²) < 4.78 is 32.4. The van der Waals surface area contributed by atoms with E-state index in [0.717, 1.165) is 25.8 Å². The van der Waals surface area contributed by atoms with Gasteiger partial charge in [-0.3, -0.25) is 4.79 Å². The first-order valence-corrected chi connectivity index (χ1v) is 10.1. The second kappa shape index (κ2) is 9.68. The molecule has 1 aliphatic heterocycles. The van der Waals surface area contributed by atoms with E-state index in [1.165, 1.54) is 6.92 Å². The quantitative estimate of drug-likeness (QED) is 0.703. The number of hydrogen-bond acceptors (Lipinski definition) is 6. The van der Waals surface area contributed by atoms with Crippen molar-refractivity contribution in [3.8, 4) is 0 Å². The normalized spacial score (nSPS) is 17.0. The molecule has 1 amide bonds. The van der Waals surface area contributed by atoms with Gasteiger partial charge in [-0.25, -0.2) is 8.42 Å². The van der Waals surface area contributed by atoms with Crippen LogP contribution in [0.4, 0.5) is 0 Å². The molecule has 2 N–H and O–H groups in total. The maximum atomic E-state index is 12.6. The summed E-state index contributed by atoms with van der Waals surface area (Å²) in [4.78, 5) is 14.3. The molecule has 0 bridgehead atoms. The van der Waals surface area contributed by atoms with Crippen LogP contribution >= 0.6 is 12.4 Å². The lowest BCUT2D eigenvalue weighted by atomic mass is 9.93. The third kappa shape index (κ3) is 5.42.